The van der Waals surface area contributed by atoms with E-state index in [0.717, 1.165) is 10.4 Å². The average molecular weight is 213 g/mol. The van der Waals surface area contributed by atoms with E-state index in [1.807, 2.05) is 19.9 Å². The molecule has 0 atom stereocenters. The highest BCUT2D eigenvalue weighted by molar-refractivity contribution is 7.14. The molecule has 1 heterocycles. The van der Waals surface area contributed by atoms with E-state index in [2.05, 4.69) is 5.32 Å². The van der Waals surface area contributed by atoms with Gasteiger partial charge in [-0.05, 0) is 31.9 Å². The fourth-order valence-corrected chi connectivity index (χ4v) is 2.00. The number of aliphatic hydroxyl groups is 1. The number of carbonyl (C=O) groups excluding carboxylic acids is 1. The van der Waals surface area contributed by atoms with E-state index in [1.165, 1.54) is 16.2 Å². The van der Waals surface area contributed by atoms with Crippen molar-refractivity contribution in [1.82, 2.24) is 5.32 Å². The van der Waals surface area contributed by atoms with Crippen molar-refractivity contribution in [3.05, 3.63) is 21.4 Å². The van der Waals surface area contributed by atoms with Crippen LogP contribution >= 0.6 is 11.3 Å². The molecule has 1 aromatic rings. The standard InChI is InChI=1S/C10H15NO2S/c1-7-6-9(14-8(7)2)10(13)11-4-3-5-12/h6,12H,3-5H2,1-2H3,(H,11,13). The van der Waals surface area contributed by atoms with Crippen molar-refractivity contribution in [1.29, 1.82) is 0 Å². The average Bonchev–Trinajstić information content (AvgIpc) is 2.47. The van der Waals surface area contributed by atoms with Crippen LogP contribution in [0.5, 0.6) is 0 Å². The second kappa shape index (κ2) is 5.12. The molecular formula is C10H15NO2S. The molecule has 1 aromatic heterocycles. The molecule has 3 nitrogen and oxygen atoms in total. The first-order valence-corrected chi connectivity index (χ1v) is 5.43. The lowest BCUT2D eigenvalue weighted by molar-refractivity contribution is 0.0955. The maximum Gasteiger partial charge on any atom is 0.261 e. The van der Waals surface area contributed by atoms with Crippen LogP contribution in [-0.4, -0.2) is 24.2 Å². The van der Waals surface area contributed by atoms with E-state index in [-0.39, 0.29) is 12.5 Å². The SMILES string of the molecule is Cc1cc(C(=O)NCCCO)sc1C. The molecule has 0 aliphatic carbocycles. The number of hydrogen-bond donors (Lipinski definition) is 2. The first-order valence-electron chi connectivity index (χ1n) is 4.61. The van der Waals surface area contributed by atoms with Gasteiger partial charge in [0.15, 0.2) is 0 Å². The molecule has 4 heteroatoms. The number of carbonyl (C=O) groups is 1. The van der Waals surface area contributed by atoms with Gasteiger partial charge in [-0.1, -0.05) is 0 Å². The summed E-state index contributed by atoms with van der Waals surface area (Å²) in [7, 11) is 0. The second-order valence-electron chi connectivity index (χ2n) is 3.18. The zero-order valence-corrected chi connectivity index (χ0v) is 9.28. The molecule has 1 rings (SSSR count). The molecule has 0 bridgehead atoms. The molecule has 78 valence electrons. The van der Waals surface area contributed by atoms with Crippen LogP contribution in [0.3, 0.4) is 0 Å². The summed E-state index contributed by atoms with van der Waals surface area (Å²) in [6.45, 7) is 4.65. The Bertz CT molecular complexity index is 300. The van der Waals surface area contributed by atoms with Crippen LogP contribution in [0, 0.1) is 13.8 Å². The summed E-state index contributed by atoms with van der Waals surface area (Å²) >= 11 is 1.51. The molecule has 0 aliphatic rings. The van der Waals surface area contributed by atoms with Gasteiger partial charge in [0.2, 0.25) is 0 Å². The summed E-state index contributed by atoms with van der Waals surface area (Å²) in [6.07, 6.45) is 0.606. The molecule has 0 fully saturated rings. The highest BCUT2D eigenvalue weighted by atomic mass is 32.1. The van der Waals surface area contributed by atoms with Gasteiger partial charge in [0.1, 0.15) is 0 Å². The van der Waals surface area contributed by atoms with Crippen LogP contribution in [0.1, 0.15) is 26.5 Å². The summed E-state index contributed by atoms with van der Waals surface area (Å²) in [5.41, 5.74) is 1.15. The number of rotatable bonds is 4. The Balaban J connectivity index is 2.52. The number of nitrogens with one attached hydrogen (secondary N) is 1. The summed E-state index contributed by atoms with van der Waals surface area (Å²) in [6, 6.07) is 1.90. The topological polar surface area (TPSA) is 49.3 Å². The first-order chi connectivity index (χ1) is 6.65. The molecule has 0 radical (unpaired) electrons. The zero-order valence-electron chi connectivity index (χ0n) is 8.46. The lowest BCUT2D eigenvalue weighted by Gasteiger charge is -2.00. The Kier molecular flexibility index (Phi) is 4.10. The van der Waals surface area contributed by atoms with Gasteiger partial charge in [0.05, 0.1) is 4.88 Å². The normalized spacial score (nSPS) is 10.2. The highest BCUT2D eigenvalue weighted by Gasteiger charge is 2.08. The van der Waals surface area contributed by atoms with E-state index in [4.69, 9.17) is 5.11 Å². The van der Waals surface area contributed by atoms with Gasteiger partial charge >= 0.3 is 0 Å². The molecule has 0 saturated carbocycles. The summed E-state index contributed by atoms with van der Waals surface area (Å²) in [5.74, 6) is -0.0420. The van der Waals surface area contributed by atoms with Crippen molar-refractivity contribution in [3.8, 4) is 0 Å². The smallest absolute Gasteiger partial charge is 0.261 e. The van der Waals surface area contributed by atoms with Crippen molar-refractivity contribution >= 4 is 17.2 Å². The van der Waals surface area contributed by atoms with Crippen LogP contribution < -0.4 is 5.32 Å². The lowest BCUT2D eigenvalue weighted by Crippen LogP contribution is -2.24. The minimum absolute atomic E-state index is 0.0420. The van der Waals surface area contributed by atoms with E-state index in [0.29, 0.717) is 13.0 Å². The largest absolute Gasteiger partial charge is 0.396 e. The van der Waals surface area contributed by atoms with E-state index in [9.17, 15) is 4.79 Å². The van der Waals surface area contributed by atoms with Crippen molar-refractivity contribution in [2.75, 3.05) is 13.2 Å². The van der Waals surface area contributed by atoms with Crippen LogP contribution in [0.25, 0.3) is 0 Å². The van der Waals surface area contributed by atoms with Crippen molar-refractivity contribution in [2.24, 2.45) is 0 Å². The maximum absolute atomic E-state index is 11.5. The third-order valence-electron chi connectivity index (χ3n) is 2.01. The van der Waals surface area contributed by atoms with Crippen molar-refractivity contribution in [2.45, 2.75) is 20.3 Å². The molecule has 2 N–H and O–H groups in total. The minimum atomic E-state index is -0.0420. The van der Waals surface area contributed by atoms with Crippen LogP contribution in [0.15, 0.2) is 6.07 Å². The van der Waals surface area contributed by atoms with E-state index < -0.39 is 0 Å². The summed E-state index contributed by atoms with van der Waals surface area (Å²) in [4.78, 5) is 13.4. The molecular weight excluding hydrogens is 198 g/mol. The van der Waals surface area contributed by atoms with Gasteiger partial charge in [-0.15, -0.1) is 11.3 Å². The van der Waals surface area contributed by atoms with Gasteiger partial charge < -0.3 is 10.4 Å². The fourth-order valence-electron chi connectivity index (χ4n) is 1.05. The van der Waals surface area contributed by atoms with Crippen molar-refractivity contribution < 1.29 is 9.90 Å². The number of thiophene rings is 1. The van der Waals surface area contributed by atoms with Gasteiger partial charge in [0.25, 0.3) is 5.91 Å². The predicted molar refractivity (Wildman–Crippen MR) is 57.8 cm³/mol. The van der Waals surface area contributed by atoms with Crippen LogP contribution in [0.2, 0.25) is 0 Å². The Hall–Kier alpha value is -0.870. The fraction of sp³-hybridized carbons (Fsp3) is 0.500. The van der Waals surface area contributed by atoms with Gasteiger partial charge in [-0.3, -0.25) is 4.79 Å². The minimum Gasteiger partial charge on any atom is -0.396 e. The van der Waals surface area contributed by atoms with Gasteiger partial charge in [-0.2, -0.15) is 0 Å². The predicted octanol–water partition coefficient (Wildman–Crippen LogP) is 1.48. The van der Waals surface area contributed by atoms with Gasteiger partial charge in [0, 0.05) is 18.0 Å². The van der Waals surface area contributed by atoms with Crippen LogP contribution in [-0.2, 0) is 0 Å². The maximum atomic E-state index is 11.5. The molecule has 1 amide bonds. The lowest BCUT2D eigenvalue weighted by atomic mass is 10.3. The number of aryl methyl sites for hydroxylation is 2. The molecule has 0 saturated heterocycles. The first kappa shape index (κ1) is 11.2. The molecule has 14 heavy (non-hydrogen) atoms. The highest BCUT2D eigenvalue weighted by Crippen LogP contribution is 2.20. The van der Waals surface area contributed by atoms with E-state index in [1.54, 1.807) is 0 Å². The third-order valence-corrected chi connectivity index (χ3v) is 3.16. The third kappa shape index (κ3) is 2.82. The van der Waals surface area contributed by atoms with Crippen molar-refractivity contribution in [3.63, 3.8) is 0 Å². The Morgan fingerprint density at radius 1 is 1.57 bits per heavy atom. The Morgan fingerprint density at radius 2 is 2.29 bits per heavy atom. The second-order valence-corrected chi connectivity index (χ2v) is 4.44. The monoisotopic (exact) mass is 213 g/mol. The molecule has 0 aliphatic heterocycles. The molecule has 0 unspecified atom stereocenters. The number of amides is 1. The Labute approximate surface area is 87.8 Å². The van der Waals surface area contributed by atoms with Gasteiger partial charge in [-0.25, -0.2) is 0 Å². The van der Waals surface area contributed by atoms with E-state index >= 15 is 0 Å². The quantitative estimate of drug-likeness (QED) is 0.744. The summed E-state index contributed by atoms with van der Waals surface area (Å²) in [5, 5.41) is 11.3. The number of hydrogen-bond acceptors (Lipinski definition) is 3. The molecule has 0 spiro atoms. The summed E-state index contributed by atoms with van der Waals surface area (Å²) < 4.78 is 0. The van der Waals surface area contributed by atoms with Crippen LogP contribution in [0.4, 0.5) is 0 Å². The molecule has 0 aromatic carbocycles. The number of aliphatic hydroxyl groups excluding tert-OH is 1. The Morgan fingerprint density at radius 3 is 2.79 bits per heavy atom. The zero-order chi connectivity index (χ0) is 10.6.